The van der Waals surface area contributed by atoms with Gasteiger partial charge >= 0.3 is 0 Å². The Labute approximate surface area is 145 Å². The summed E-state index contributed by atoms with van der Waals surface area (Å²) in [7, 11) is -3.93. The summed E-state index contributed by atoms with van der Waals surface area (Å²) in [6, 6.07) is 6.68. The summed E-state index contributed by atoms with van der Waals surface area (Å²) >= 11 is 0.984. The van der Waals surface area contributed by atoms with Gasteiger partial charge in [0.15, 0.2) is 22.4 Å². The smallest absolute Gasteiger partial charge is 0.263 e. The summed E-state index contributed by atoms with van der Waals surface area (Å²) in [5.74, 6) is -2.27. The number of rotatable bonds is 4. The van der Waals surface area contributed by atoms with Crippen LogP contribution in [0.1, 0.15) is 0 Å². The maximum Gasteiger partial charge on any atom is 0.263 e. The number of nitrogens with one attached hydrogen (secondary N) is 1. The highest BCUT2D eigenvalue weighted by Gasteiger charge is 2.17. The van der Waals surface area contributed by atoms with Crippen LogP contribution < -0.4 is 4.72 Å². The molecule has 0 unspecified atom stereocenters. The minimum Gasteiger partial charge on any atom is -0.504 e. The van der Waals surface area contributed by atoms with Crippen molar-refractivity contribution in [3.05, 3.63) is 47.6 Å². The number of halogens is 1. The van der Waals surface area contributed by atoms with Crippen molar-refractivity contribution in [2.75, 3.05) is 4.72 Å². The molecular formula is C15H11FN2O5S2. The molecule has 3 rings (SSSR count). The van der Waals surface area contributed by atoms with Gasteiger partial charge in [-0.1, -0.05) is 0 Å². The predicted molar refractivity (Wildman–Crippen MR) is 89.8 cm³/mol. The molecule has 10 heteroatoms. The van der Waals surface area contributed by atoms with E-state index in [4.69, 9.17) is 0 Å². The Morgan fingerprint density at radius 2 is 1.64 bits per heavy atom. The molecule has 0 aliphatic rings. The number of anilines is 1. The van der Waals surface area contributed by atoms with Crippen LogP contribution in [0.5, 0.6) is 17.2 Å². The van der Waals surface area contributed by atoms with Gasteiger partial charge in [-0.15, -0.1) is 11.3 Å². The molecule has 0 aliphatic carbocycles. The topological polar surface area (TPSA) is 120 Å². The van der Waals surface area contributed by atoms with Gasteiger partial charge in [-0.05, 0) is 36.4 Å². The summed E-state index contributed by atoms with van der Waals surface area (Å²) in [4.78, 5) is 3.95. The monoisotopic (exact) mass is 382 g/mol. The number of aromatic hydroxyl groups is 3. The van der Waals surface area contributed by atoms with Gasteiger partial charge in [0.1, 0.15) is 5.82 Å². The summed E-state index contributed by atoms with van der Waals surface area (Å²) in [5.41, 5.74) is 0.573. The van der Waals surface area contributed by atoms with E-state index in [2.05, 4.69) is 9.71 Å². The molecule has 1 heterocycles. The van der Waals surface area contributed by atoms with Crippen LogP contribution in [0.4, 0.5) is 9.52 Å². The predicted octanol–water partition coefficient (Wildman–Crippen LogP) is 2.87. The molecule has 3 aromatic rings. The van der Waals surface area contributed by atoms with E-state index in [-0.39, 0.29) is 21.3 Å². The zero-order valence-electron chi connectivity index (χ0n) is 12.3. The van der Waals surface area contributed by atoms with E-state index >= 15 is 0 Å². The third-order valence-corrected chi connectivity index (χ3v) is 5.46. The van der Waals surface area contributed by atoms with Crippen molar-refractivity contribution in [3.8, 4) is 28.5 Å². The summed E-state index contributed by atoms with van der Waals surface area (Å²) in [6.45, 7) is 0. The van der Waals surface area contributed by atoms with Crippen molar-refractivity contribution < 1.29 is 28.1 Å². The second kappa shape index (κ2) is 6.22. The van der Waals surface area contributed by atoms with Gasteiger partial charge in [0.2, 0.25) is 0 Å². The molecule has 25 heavy (non-hydrogen) atoms. The average Bonchev–Trinajstić information content (AvgIpc) is 3.00. The van der Waals surface area contributed by atoms with Gasteiger partial charge in [0.25, 0.3) is 10.0 Å². The fourth-order valence-electron chi connectivity index (χ4n) is 1.99. The summed E-state index contributed by atoms with van der Waals surface area (Å²) in [5, 5.41) is 30.0. The molecular weight excluding hydrogens is 371 g/mol. The van der Waals surface area contributed by atoms with Gasteiger partial charge in [0.05, 0.1) is 10.6 Å². The van der Waals surface area contributed by atoms with Crippen LogP contribution in [-0.2, 0) is 10.0 Å². The van der Waals surface area contributed by atoms with Crippen molar-refractivity contribution in [1.82, 2.24) is 4.98 Å². The summed E-state index contributed by atoms with van der Waals surface area (Å²) < 4.78 is 39.6. The van der Waals surface area contributed by atoms with Crippen LogP contribution in [0.15, 0.2) is 46.7 Å². The standard InChI is InChI=1S/C15H11FN2O5S2/c16-9-1-3-10(4-2-9)25(22,23)18-15-17-11(7-24-15)8-5-12(19)14(21)13(20)6-8/h1-7,19-21H,(H,17,18). The van der Waals surface area contributed by atoms with Gasteiger partial charge in [-0.3, -0.25) is 4.72 Å². The van der Waals surface area contributed by atoms with Crippen molar-refractivity contribution in [2.45, 2.75) is 4.90 Å². The van der Waals surface area contributed by atoms with E-state index in [9.17, 15) is 28.1 Å². The fourth-order valence-corrected chi connectivity index (χ4v) is 3.97. The van der Waals surface area contributed by atoms with E-state index in [1.807, 2.05) is 0 Å². The first kappa shape index (κ1) is 17.0. The van der Waals surface area contributed by atoms with E-state index in [0.29, 0.717) is 0 Å². The first-order valence-electron chi connectivity index (χ1n) is 6.75. The second-order valence-corrected chi connectivity index (χ2v) is 7.50. The lowest BCUT2D eigenvalue weighted by atomic mass is 10.1. The third kappa shape index (κ3) is 3.49. The number of sulfonamides is 1. The summed E-state index contributed by atoms with van der Waals surface area (Å²) in [6.07, 6.45) is 0. The van der Waals surface area contributed by atoms with Crippen molar-refractivity contribution in [1.29, 1.82) is 0 Å². The van der Waals surface area contributed by atoms with Crippen LogP contribution in [-0.4, -0.2) is 28.7 Å². The molecule has 0 radical (unpaired) electrons. The van der Waals surface area contributed by atoms with E-state index < -0.39 is 33.1 Å². The number of benzene rings is 2. The zero-order chi connectivity index (χ0) is 18.2. The highest BCUT2D eigenvalue weighted by atomic mass is 32.2. The Morgan fingerprint density at radius 1 is 1.04 bits per heavy atom. The van der Waals surface area contributed by atoms with Crippen LogP contribution in [0.25, 0.3) is 11.3 Å². The SMILES string of the molecule is O=S(=O)(Nc1nc(-c2cc(O)c(O)c(O)c2)cs1)c1ccc(F)cc1. The molecule has 0 spiro atoms. The normalized spacial score (nSPS) is 11.4. The zero-order valence-corrected chi connectivity index (χ0v) is 14.0. The van der Waals surface area contributed by atoms with Gasteiger partial charge in [0, 0.05) is 10.9 Å². The van der Waals surface area contributed by atoms with Crippen LogP contribution in [0, 0.1) is 5.82 Å². The van der Waals surface area contributed by atoms with E-state index in [1.54, 1.807) is 0 Å². The second-order valence-electron chi connectivity index (χ2n) is 4.96. The lowest BCUT2D eigenvalue weighted by Gasteiger charge is -2.05. The molecule has 4 N–H and O–H groups in total. The maximum absolute atomic E-state index is 12.9. The first-order chi connectivity index (χ1) is 11.8. The molecule has 0 atom stereocenters. The van der Waals surface area contributed by atoms with E-state index in [0.717, 1.165) is 35.6 Å². The highest BCUT2D eigenvalue weighted by molar-refractivity contribution is 7.93. The molecule has 0 fully saturated rings. The number of phenolic OH excluding ortho intramolecular Hbond substituents is 3. The minimum atomic E-state index is -3.93. The number of thiazole rings is 1. The van der Waals surface area contributed by atoms with Crippen LogP contribution in [0.3, 0.4) is 0 Å². The molecule has 130 valence electrons. The van der Waals surface area contributed by atoms with Gasteiger partial charge in [-0.2, -0.15) is 0 Å². The van der Waals surface area contributed by atoms with Crippen molar-refractivity contribution in [2.24, 2.45) is 0 Å². The van der Waals surface area contributed by atoms with Crippen molar-refractivity contribution >= 4 is 26.5 Å². The number of hydrogen-bond acceptors (Lipinski definition) is 7. The molecule has 7 nitrogen and oxygen atoms in total. The highest BCUT2D eigenvalue weighted by Crippen LogP contribution is 2.39. The quantitative estimate of drug-likeness (QED) is 0.515. The molecule has 0 amide bonds. The Morgan fingerprint density at radius 3 is 2.24 bits per heavy atom. The first-order valence-corrected chi connectivity index (χ1v) is 9.12. The maximum atomic E-state index is 12.9. The molecule has 0 saturated heterocycles. The average molecular weight is 382 g/mol. The molecule has 2 aromatic carbocycles. The number of hydrogen-bond donors (Lipinski definition) is 4. The Hall–Kier alpha value is -2.85. The van der Waals surface area contributed by atoms with Gasteiger partial charge in [-0.25, -0.2) is 17.8 Å². The van der Waals surface area contributed by atoms with Crippen LogP contribution >= 0.6 is 11.3 Å². The lowest BCUT2D eigenvalue weighted by Crippen LogP contribution is -2.12. The Kier molecular flexibility index (Phi) is 4.23. The number of phenols is 3. The Bertz CT molecular complexity index is 1010. The molecule has 0 aliphatic heterocycles. The lowest BCUT2D eigenvalue weighted by molar-refractivity contribution is 0.368. The minimum absolute atomic E-state index is 0.0476. The fraction of sp³-hybridized carbons (Fsp3) is 0. The molecule has 0 saturated carbocycles. The van der Waals surface area contributed by atoms with Crippen molar-refractivity contribution in [3.63, 3.8) is 0 Å². The van der Waals surface area contributed by atoms with Crippen LogP contribution in [0.2, 0.25) is 0 Å². The molecule has 0 bridgehead atoms. The largest absolute Gasteiger partial charge is 0.504 e. The Balaban J connectivity index is 1.88. The van der Waals surface area contributed by atoms with E-state index in [1.165, 1.54) is 17.5 Å². The third-order valence-electron chi connectivity index (χ3n) is 3.22. The number of nitrogens with zero attached hydrogens (tertiary/aromatic N) is 1. The molecule has 1 aromatic heterocycles. The number of aromatic nitrogens is 1. The van der Waals surface area contributed by atoms with Gasteiger partial charge < -0.3 is 15.3 Å².